The van der Waals surface area contributed by atoms with Gasteiger partial charge in [0.2, 0.25) is 5.78 Å². The average molecular weight is 392 g/mol. The van der Waals surface area contributed by atoms with Crippen molar-refractivity contribution in [2.24, 2.45) is 11.3 Å². The molecule has 1 saturated heterocycles. The topological polar surface area (TPSA) is 52.6 Å². The molecule has 0 aromatic rings. The van der Waals surface area contributed by atoms with E-state index in [9.17, 15) is 9.59 Å². The van der Waals surface area contributed by atoms with Crippen molar-refractivity contribution in [1.82, 2.24) is 0 Å². The second kappa shape index (κ2) is 7.01. The van der Waals surface area contributed by atoms with Gasteiger partial charge in [0.25, 0.3) is 0 Å². The van der Waals surface area contributed by atoms with E-state index in [0.717, 1.165) is 24.0 Å². The zero-order chi connectivity index (χ0) is 20.8. The van der Waals surface area contributed by atoms with Gasteiger partial charge in [0.1, 0.15) is 17.9 Å². The number of carbonyl (C=O) groups is 2. The van der Waals surface area contributed by atoms with Gasteiger partial charge in [0.05, 0.1) is 5.41 Å². The van der Waals surface area contributed by atoms with Crippen molar-refractivity contribution in [2.45, 2.75) is 52.6 Å². The Bertz CT molecular complexity index is 955. The zero-order valence-corrected chi connectivity index (χ0v) is 17.6. The first-order valence-corrected chi connectivity index (χ1v) is 10.3. The second-order valence-corrected chi connectivity index (χ2v) is 8.83. The number of esters is 1. The van der Waals surface area contributed by atoms with Crippen molar-refractivity contribution >= 4 is 11.8 Å². The molecule has 4 heteroatoms. The van der Waals surface area contributed by atoms with E-state index >= 15 is 0 Å². The van der Waals surface area contributed by atoms with Gasteiger partial charge < -0.3 is 9.47 Å². The lowest BCUT2D eigenvalue weighted by atomic mass is 9.61. The van der Waals surface area contributed by atoms with Crippen LogP contribution in [0.15, 0.2) is 70.6 Å². The van der Waals surface area contributed by atoms with Crippen LogP contribution < -0.4 is 0 Å². The van der Waals surface area contributed by atoms with Crippen molar-refractivity contribution in [1.29, 1.82) is 0 Å². The summed E-state index contributed by atoms with van der Waals surface area (Å²) in [7, 11) is 0. The Morgan fingerprint density at radius 2 is 1.86 bits per heavy atom. The highest BCUT2D eigenvalue weighted by atomic mass is 16.6. The van der Waals surface area contributed by atoms with Gasteiger partial charge in [-0.2, -0.15) is 0 Å². The molecule has 0 amide bonds. The van der Waals surface area contributed by atoms with Crippen molar-refractivity contribution in [3.05, 3.63) is 70.6 Å². The summed E-state index contributed by atoms with van der Waals surface area (Å²) in [5, 5.41) is 0. The molecule has 5 aliphatic rings. The van der Waals surface area contributed by atoms with Crippen LogP contribution in [0.5, 0.6) is 0 Å². The summed E-state index contributed by atoms with van der Waals surface area (Å²) in [4.78, 5) is 26.7. The smallest absolute Gasteiger partial charge is 0.346 e. The molecule has 0 N–H and O–H groups in total. The third kappa shape index (κ3) is 3.15. The van der Waals surface area contributed by atoms with E-state index in [0.29, 0.717) is 18.8 Å². The van der Waals surface area contributed by atoms with Crippen LogP contribution in [0.3, 0.4) is 0 Å². The Morgan fingerprint density at radius 1 is 1.07 bits per heavy atom. The maximum absolute atomic E-state index is 13.8. The summed E-state index contributed by atoms with van der Waals surface area (Å²) in [6.45, 7) is 8.54. The Morgan fingerprint density at radius 3 is 2.59 bits per heavy atom. The lowest BCUT2D eigenvalue weighted by molar-refractivity contribution is -0.162. The first-order chi connectivity index (χ1) is 13.8. The lowest BCUT2D eigenvalue weighted by Crippen LogP contribution is -2.53. The standard InChI is InChI=1S/C25H28O4/c1-16-8-6-5-7-9-19-10-11-20(28-15-19)21-22(26)25(29-23(21)27)14-18(3)17(2)13-24(25,4)12-16/h6,8-13,18H,5,7,14-15H2,1-4H3/b8-6?,16-12?,19-9?,21-20+/t18-,24-,25+/m0/s1. The van der Waals surface area contributed by atoms with Crippen LogP contribution in [-0.2, 0) is 19.1 Å². The molecule has 5 rings (SSSR count). The third-order valence-electron chi connectivity index (χ3n) is 6.57. The molecule has 0 aromatic carbocycles. The molecule has 1 fully saturated rings. The van der Waals surface area contributed by atoms with Crippen LogP contribution in [0.2, 0.25) is 0 Å². The molecule has 0 saturated carbocycles. The molecule has 0 unspecified atom stereocenters. The Labute approximate surface area is 172 Å². The van der Waals surface area contributed by atoms with Crippen LogP contribution >= 0.6 is 0 Å². The van der Waals surface area contributed by atoms with Gasteiger partial charge in [-0.3, -0.25) is 4.79 Å². The lowest BCUT2D eigenvalue weighted by Gasteiger charge is -2.45. The summed E-state index contributed by atoms with van der Waals surface area (Å²) < 4.78 is 11.8. The van der Waals surface area contributed by atoms with Crippen LogP contribution in [0.1, 0.15) is 47.0 Å². The number of rotatable bonds is 0. The minimum absolute atomic E-state index is 0.0446. The largest absolute Gasteiger partial charge is 0.488 e. The summed E-state index contributed by atoms with van der Waals surface area (Å²) in [5.41, 5.74) is 1.38. The predicted molar refractivity (Wildman–Crippen MR) is 112 cm³/mol. The van der Waals surface area contributed by atoms with Crippen LogP contribution in [0, 0.1) is 11.3 Å². The fraction of sp³-hybridized carbons (Fsp3) is 0.440. The number of Topliss-reactive ketones (excluding diaryl/α,β-unsaturated/α-hetero) is 1. The zero-order valence-electron chi connectivity index (χ0n) is 17.6. The van der Waals surface area contributed by atoms with Gasteiger partial charge >= 0.3 is 5.97 Å². The fourth-order valence-electron chi connectivity index (χ4n) is 4.83. The van der Waals surface area contributed by atoms with E-state index in [1.807, 2.05) is 19.9 Å². The molecule has 4 nitrogen and oxygen atoms in total. The second-order valence-electron chi connectivity index (χ2n) is 8.83. The first kappa shape index (κ1) is 19.7. The molecule has 0 radical (unpaired) electrons. The van der Waals surface area contributed by atoms with Crippen molar-refractivity contribution in [2.75, 3.05) is 6.61 Å². The van der Waals surface area contributed by atoms with Crippen molar-refractivity contribution < 1.29 is 19.1 Å². The average Bonchev–Trinajstić information content (AvgIpc) is 2.91. The van der Waals surface area contributed by atoms with E-state index in [-0.39, 0.29) is 17.3 Å². The van der Waals surface area contributed by atoms with Gasteiger partial charge in [-0.05, 0) is 51.2 Å². The fourth-order valence-corrected chi connectivity index (χ4v) is 4.83. The predicted octanol–water partition coefficient (Wildman–Crippen LogP) is 4.91. The SMILES string of the molecule is CC1=C[C@@]2(C)C=C(C)[C@@H](C)C[C@]23OC(=O)/C(=C2\C=CC(=CCCC=C1)CO2)C3=O. The number of allylic oxidation sites excluding steroid dienone is 6. The number of carbonyl (C=O) groups excluding carboxylic acids is 2. The van der Waals surface area contributed by atoms with Crippen LogP contribution in [0.25, 0.3) is 0 Å². The molecule has 1 spiro atoms. The molecule has 3 heterocycles. The molecule has 3 aliphatic heterocycles. The molecule has 29 heavy (non-hydrogen) atoms. The number of hydrogen-bond donors (Lipinski definition) is 0. The van der Waals surface area contributed by atoms with E-state index in [4.69, 9.17) is 9.47 Å². The highest BCUT2D eigenvalue weighted by Gasteiger charge is 2.63. The van der Waals surface area contributed by atoms with Gasteiger partial charge in [-0.25, -0.2) is 4.79 Å². The maximum atomic E-state index is 13.8. The van der Waals surface area contributed by atoms with E-state index in [1.165, 1.54) is 5.57 Å². The minimum atomic E-state index is -1.24. The number of hydrogen-bond acceptors (Lipinski definition) is 4. The van der Waals surface area contributed by atoms with Gasteiger partial charge in [0, 0.05) is 6.42 Å². The van der Waals surface area contributed by atoms with Crippen molar-refractivity contribution in [3.63, 3.8) is 0 Å². The van der Waals surface area contributed by atoms with E-state index in [2.05, 4.69) is 44.2 Å². The molecular weight excluding hydrogens is 364 g/mol. The summed E-state index contributed by atoms with van der Waals surface area (Å²) in [5.74, 6) is -0.380. The number of ether oxygens (including phenoxy) is 2. The number of ketones is 1. The quantitative estimate of drug-likeness (QED) is 0.334. The summed E-state index contributed by atoms with van der Waals surface area (Å²) in [6, 6.07) is 0. The Balaban J connectivity index is 1.95. The molecule has 2 aliphatic carbocycles. The van der Waals surface area contributed by atoms with Crippen molar-refractivity contribution in [3.8, 4) is 0 Å². The number of fused-ring (bicyclic) bond motifs is 5. The molecule has 3 atom stereocenters. The summed E-state index contributed by atoms with van der Waals surface area (Å²) >= 11 is 0. The summed E-state index contributed by atoms with van der Waals surface area (Å²) in [6.07, 6.45) is 16.5. The third-order valence-corrected chi connectivity index (χ3v) is 6.57. The first-order valence-electron chi connectivity index (χ1n) is 10.3. The Hall–Kier alpha value is -2.62. The highest BCUT2D eigenvalue weighted by molar-refractivity contribution is 6.26. The molecule has 4 bridgehead atoms. The Kier molecular flexibility index (Phi) is 4.76. The van der Waals surface area contributed by atoms with Gasteiger partial charge in [-0.1, -0.05) is 54.5 Å². The molecule has 0 aromatic heterocycles. The van der Waals surface area contributed by atoms with Crippen LogP contribution in [0.4, 0.5) is 0 Å². The van der Waals surface area contributed by atoms with Gasteiger partial charge in [0.15, 0.2) is 5.60 Å². The van der Waals surface area contributed by atoms with E-state index < -0.39 is 17.0 Å². The van der Waals surface area contributed by atoms with Gasteiger partial charge in [-0.15, -0.1) is 0 Å². The molecular formula is C25H28O4. The van der Waals surface area contributed by atoms with Crippen LogP contribution in [-0.4, -0.2) is 24.0 Å². The normalized spacial score (nSPS) is 37.0. The highest BCUT2D eigenvalue weighted by Crippen LogP contribution is 2.53. The minimum Gasteiger partial charge on any atom is -0.488 e. The maximum Gasteiger partial charge on any atom is 0.346 e. The molecule has 152 valence electrons. The monoisotopic (exact) mass is 392 g/mol. The van der Waals surface area contributed by atoms with E-state index in [1.54, 1.807) is 6.08 Å².